The highest BCUT2D eigenvalue weighted by Gasteiger charge is 2.18. The normalized spacial score (nSPS) is 11.2. The van der Waals surface area contributed by atoms with Crippen molar-refractivity contribution >= 4 is 51.4 Å². The Morgan fingerprint density at radius 1 is 0.731 bits per heavy atom. The number of carbonyl (C=O) groups excluding carboxylic acids is 2. The lowest BCUT2D eigenvalue weighted by Gasteiger charge is -2.02. The smallest absolute Gasteiger partial charge is 0.162 e. The van der Waals surface area contributed by atoms with E-state index in [2.05, 4.69) is 72.2 Å². The van der Waals surface area contributed by atoms with Crippen molar-refractivity contribution in [3.05, 3.63) is 21.1 Å². The summed E-state index contributed by atoms with van der Waals surface area (Å²) in [7, 11) is -3.14. The molecule has 2 aromatic heterocycles. The average Bonchev–Trinajstić information content (AvgIpc) is 3.12. The summed E-state index contributed by atoms with van der Waals surface area (Å²) in [5.41, 5.74) is 7.42. The van der Waals surface area contributed by atoms with Crippen molar-refractivity contribution < 1.29 is 9.59 Å². The molecule has 0 radical (unpaired) electrons. The van der Waals surface area contributed by atoms with Crippen LogP contribution in [0.15, 0.2) is 0 Å². The molecular formula is C18H20N2O2S2Si2. The predicted octanol–water partition coefficient (Wildman–Crippen LogP) is 4.35. The van der Waals surface area contributed by atoms with Gasteiger partial charge in [-0.3, -0.25) is 9.59 Å². The Hall–Kier alpha value is -1.85. The molecule has 0 unspecified atom stereocenters. The Morgan fingerprint density at radius 2 is 1.08 bits per heavy atom. The lowest BCUT2D eigenvalue weighted by molar-refractivity contribution is 0.111. The molecule has 0 aromatic carbocycles. The number of aromatic nitrogens is 2. The minimum absolute atomic E-state index is 0.486. The molecule has 2 rings (SSSR count). The SMILES string of the molecule is C[Si](C)(C)C#Cc1nc(-c2nc(C#C[Si](C)(C)C)c(C=O)s2)sc1C=O. The zero-order chi connectivity index (χ0) is 19.5. The topological polar surface area (TPSA) is 59.9 Å². The zero-order valence-electron chi connectivity index (χ0n) is 15.7. The van der Waals surface area contributed by atoms with Gasteiger partial charge in [0, 0.05) is 0 Å². The molecule has 0 aliphatic heterocycles. The molecule has 0 aliphatic rings. The third-order valence-electron chi connectivity index (χ3n) is 2.82. The second-order valence-electron chi connectivity index (χ2n) is 7.70. The molecule has 0 atom stereocenters. The van der Waals surface area contributed by atoms with Gasteiger partial charge in [-0.2, -0.15) is 0 Å². The molecule has 0 saturated heterocycles. The summed E-state index contributed by atoms with van der Waals surface area (Å²) in [6.45, 7) is 12.8. The summed E-state index contributed by atoms with van der Waals surface area (Å²) in [5.74, 6) is 6.08. The number of hydrogen-bond acceptors (Lipinski definition) is 6. The summed E-state index contributed by atoms with van der Waals surface area (Å²) in [6.07, 6.45) is 1.55. The van der Waals surface area contributed by atoms with E-state index < -0.39 is 16.1 Å². The van der Waals surface area contributed by atoms with Crippen molar-refractivity contribution in [1.82, 2.24) is 9.97 Å². The fourth-order valence-corrected chi connectivity index (χ4v) is 4.36. The average molecular weight is 417 g/mol. The quantitative estimate of drug-likeness (QED) is 0.424. The highest BCUT2D eigenvalue weighted by molar-refractivity contribution is 7.23. The Labute approximate surface area is 164 Å². The summed E-state index contributed by atoms with van der Waals surface area (Å²) >= 11 is 2.49. The van der Waals surface area contributed by atoms with Crippen LogP contribution in [0.5, 0.6) is 0 Å². The van der Waals surface area contributed by atoms with Crippen molar-refractivity contribution in [1.29, 1.82) is 0 Å². The van der Waals surface area contributed by atoms with Crippen molar-refractivity contribution in [3.63, 3.8) is 0 Å². The third-order valence-corrected chi connectivity index (χ3v) is 6.67. The monoisotopic (exact) mass is 416 g/mol. The van der Waals surface area contributed by atoms with Crippen LogP contribution in [0.2, 0.25) is 39.3 Å². The van der Waals surface area contributed by atoms with Crippen LogP contribution >= 0.6 is 22.7 Å². The van der Waals surface area contributed by atoms with Crippen molar-refractivity contribution in [2.75, 3.05) is 0 Å². The number of thiazole rings is 2. The van der Waals surface area contributed by atoms with Crippen LogP contribution in [0.1, 0.15) is 30.7 Å². The van der Waals surface area contributed by atoms with Crippen LogP contribution in [0.25, 0.3) is 10.0 Å². The van der Waals surface area contributed by atoms with Gasteiger partial charge in [-0.15, -0.1) is 33.8 Å². The molecule has 4 nitrogen and oxygen atoms in total. The van der Waals surface area contributed by atoms with Gasteiger partial charge in [-0.1, -0.05) is 51.1 Å². The van der Waals surface area contributed by atoms with Crippen LogP contribution in [0.4, 0.5) is 0 Å². The molecule has 0 spiro atoms. The first kappa shape index (κ1) is 20.5. The zero-order valence-corrected chi connectivity index (χ0v) is 19.3. The van der Waals surface area contributed by atoms with Gasteiger partial charge in [-0.05, 0) is 0 Å². The first-order chi connectivity index (χ1) is 12.0. The molecule has 0 bridgehead atoms. The Morgan fingerprint density at radius 3 is 1.35 bits per heavy atom. The van der Waals surface area contributed by atoms with E-state index in [-0.39, 0.29) is 0 Å². The van der Waals surface area contributed by atoms with E-state index in [1.165, 1.54) is 22.7 Å². The molecule has 134 valence electrons. The first-order valence-corrected chi connectivity index (χ1v) is 16.6. The second kappa shape index (κ2) is 7.81. The molecule has 0 saturated carbocycles. The summed E-state index contributed by atoms with van der Waals surface area (Å²) < 4.78 is 0. The van der Waals surface area contributed by atoms with Gasteiger partial charge in [0.2, 0.25) is 0 Å². The fraction of sp³-hybridized carbons (Fsp3) is 0.333. The maximum atomic E-state index is 11.4. The summed E-state index contributed by atoms with van der Waals surface area (Å²) in [5, 5.41) is 1.20. The Balaban J connectivity index is 2.49. The van der Waals surface area contributed by atoms with E-state index in [1.54, 1.807) is 0 Å². The van der Waals surface area contributed by atoms with Gasteiger partial charge in [-0.25, -0.2) is 9.97 Å². The van der Waals surface area contributed by atoms with Crippen molar-refractivity contribution in [2.45, 2.75) is 39.3 Å². The minimum atomic E-state index is -1.57. The van der Waals surface area contributed by atoms with Crippen molar-refractivity contribution in [3.8, 4) is 32.9 Å². The highest BCUT2D eigenvalue weighted by Crippen LogP contribution is 2.31. The van der Waals surface area contributed by atoms with Crippen LogP contribution in [0, 0.1) is 22.9 Å². The first-order valence-electron chi connectivity index (χ1n) is 8.01. The van der Waals surface area contributed by atoms with Crippen LogP contribution in [-0.4, -0.2) is 38.7 Å². The largest absolute Gasteiger partial charge is 0.297 e. The molecule has 8 heteroatoms. The van der Waals surface area contributed by atoms with Gasteiger partial charge in [0.05, 0.1) is 0 Å². The van der Waals surface area contributed by atoms with Crippen molar-refractivity contribution in [2.24, 2.45) is 0 Å². The highest BCUT2D eigenvalue weighted by atomic mass is 32.1. The maximum absolute atomic E-state index is 11.4. The Kier molecular flexibility index (Phi) is 6.14. The standard InChI is InChI=1S/C18H20N2O2S2Si2/c1-25(2,3)9-7-13-15(11-21)23-17(19-13)18-20-14(16(12-22)24-18)8-10-26(4,5)6/h11-12H,1-6H3. The van der Waals surface area contributed by atoms with E-state index in [1.807, 2.05) is 0 Å². The molecule has 26 heavy (non-hydrogen) atoms. The van der Waals surface area contributed by atoms with E-state index in [0.717, 1.165) is 12.6 Å². The van der Waals surface area contributed by atoms with Gasteiger partial charge in [0.1, 0.15) is 37.3 Å². The third kappa shape index (κ3) is 5.58. The lowest BCUT2D eigenvalue weighted by Crippen LogP contribution is -2.16. The van der Waals surface area contributed by atoms with Crippen LogP contribution < -0.4 is 0 Å². The lowest BCUT2D eigenvalue weighted by atomic mass is 10.4. The minimum Gasteiger partial charge on any atom is -0.297 e. The van der Waals surface area contributed by atoms with Gasteiger partial charge in [0.15, 0.2) is 22.6 Å². The van der Waals surface area contributed by atoms with Crippen LogP contribution in [0.3, 0.4) is 0 Å². The number of carbonyl (C=O) groups is 2. The molecule has 2 aromatic rings. The van der Waals surface area contributed by atoms with E-state index in [9.17, 15) is 9.59 Å². The van der Waals surface area contributed by atoms with E-state index in [0.29, 0.717) is 31.2 Å². The van der Waals surface area contributed by atoms with Gasteiger partial charge < -0.3 is 0 Å². The predicted molar refractivity (Wildman–Crippen MR) is 114 cm³/mol. The molecule has 0 N–H and O–H groups in total. The second-order valence-corrected chi connectivity index (χ2v) is 19.3. The number of aldehydes is 2. The molecule has 0 fully saturated rings. The van der Waals surface area contributed by atoms with Crippen LogP contribution in [-0.2, 0) is 0 Å². The molecule has 2 heterocycles. The van der Waals surface area contributed by atoms with Gasteiger partial charge in [0.25, 0.3) is 0 Å². The summed E-state index contributed by atoms with van der Waals surface area (Å²) in [6, 6.07) is 0. The van der Waals surface area contributed by atoms with Gasteiger partial charge >= 0.3 is 0 Å². The summed E-state index contributed by atoms with van der Waals surface area (Å²) in [4.78, 5) is 32.7. The fourth-order valence-electron chi connectivity index (χ4n) is 1.68. The molecular weight excluding hydrogens is 397 g/mol. The van der Waals surface area contributed by atoms with E-state index >= 15 is 0 Å². The Bertz CT molecular complexity index is 891. The number of hydrogen-bond donors (Lipinski definition) is 0. The molecule has 0 aliphatic carbocycles. The maximum Gasteiger partial charge on any atom is 0.162 e. The number of rotatable bonds is 3. The number of nitrogens with zero attached hydrogens (tertiary/aromatic N) is 2. The molecule has 0 amide bonds. The van der Waals surface area contributed by atoms with E-state index in [4.69, 9.17) is 0 Å².